The molecule has 0 aromatic carbocycles. The number of fused-ring (bicyclic) bond motifs is 1. The van der Waals surface area contributed by atoms with Gasteiger partial charge in [-0.2, -0.15) is 0 Å². The van der Waals surface area contributed by atoms with E-state index in [1.807, 2.05) is 0 Å². The summed E-state index contributed by atoms with van der Waals surface area (Å²) in [6.45, 7) is 9.97. The molecule has 4 aliphatic rings. The number of hydrogen-bond acceptors (Lipinski definition) is 2. The average molecular weight is 409 g/mol. The van der Waals surface area contributed by atoms with Crippen molar-refractivity contribution in [3.63, 3.8) is 0 Å². The van der Waals surface area contributed by atoms with Gasteiger partial charge in [0.1, 0.15) is 0 Å². The third kappa shape index (κ3) is 2.83. The van der Waals surface area contributed by atoms with Gasteiger partial charge in [-0.3, -0.25) is 0 Å². The maximum absolute atomic E-state index is 6.64. The van der Waals surface area contributed by atoms with Gasteiger partial charge in [0.05, 0.1) is 0 Å². The van der Waals surface area contributed by atoms with Crippen LogP contribution in [0, 0.1) is 28.6 Å². The van der Waals surface area contributed by atoms with E-state index in [1.165, 1.54) is 64.2 Å². The Morgan fingerprint density at radius 2 is 1.68 bits per heavy atom. The number of hydrogen-bond donors (Lipinski definition) is 0. The Bertz CT molecular complexity index is 552. The van der Waals surface area contributed by atoms with Crippen molar-refractivity contribution in [3.05, 3.63) is 0 Å². The second-order valence-corrected chi connectivity index (χ2v) is 11.2. The van der Waals surface area contributed by atoms with E-state index in [1.54, 1.807) is 0 Å². The average Bonchev–Trinajstić information content (AvgIpc) is 2.98. The van der Waals surface area contributed by atoms with E-state index in [4.69, 9.17) is 9.73 Å². The van der Waals surface area contributed by atoms with Crippen LogP contribution < -0.4 is 0 Å². The van der Waals surface area contributed by atoms with Crippen LogP contribution in [0.15, 0.2) is 4.99 Å². The minimum atomic E-state index is -0.0441. The number of nitrogens with zero attached hydrogens (tertiary/aromatic N) is 1. The van der Waals surface area contributed by atoms with Crippen molar-refractivity contribution >= 4 is 20.8 Å². The van der Waals surface area contributed by atoms with Gasteiger partial charge in [-0.05, 0) is 0 Å². The Kier molecular flexibility index (Phi) is 4.60. The van der Waals surface area contributed by atoms with Gasteiger partial charge in [-0.25, -0.2) is 0 Å². The molecule has 0 amide bonds. The molecule has 4 saturated carbocycles. The third-order valence-electron chi connectivity index (χ3n) is 8.95. The molecule has 4 rings (SSSR count). The minimum absolute atomic E-state index is 0.0441. The summed E-state index contributed by atoms with van der Waals surface area (Å²) in [5.74, 6) is 2.45. The molecule has 0 unspecified atom stereocenters. The molecule has 0 aromatic heterocycles. The second-order valence-electron chi connectivity index (χ2n) is 10.4. The summed E-state index contributed by atoms with van der Waals surface area (Å²) in [6, 6.07) is 0.486. The first kappa shape index (κ1) is 18.4. The fraction of sp³-hybridized carbons (Fsp3) is 0.955. The molecule has 25 heavy (non-hydrogen) atoms. The standard InChI is InChI=1S/C22H36NOSe/c1-15-10-11-17-20(2,3)18-14-22(15,17)13-12-21(18,4)24-19(25)23-16-8-6-5-7-9-16/h15-18H,5-14H2,1-4H3/t15-,17+,18-,21-,22+/m1/s1. The fourth-order valence-corrected chi connectivity index (χ4v) is 8.28. The van der Waals surface area contributed by atoms with E-state index in [0.29, 0.717) is 22.8 Å². The molecule has 1 radical (unpaired) electrons. The van der Waals surface area contributed by atoms with Crippen LogP contribution in [0.3, 0.4) is 0 Å². The molecule has 1 spiro atoms. The quantitative estimate of drug-likeness (QED) is 0.336. The van der Waals surface area contributed by atoms with E-state index in [9.17, 15) is 0 Å². The molecule has 3 heteroatoms. The van der Waals surface area contributed by atoms with Crippen LogP contribution >= 0.6 is 0 Å². The molecule has 0 aliphatic heterocycles. The molecule has 4 aliphatic carbocycles. The summed E-state index contributed by atoms with van der Waals surface area (Å²) in [7, 11) is 0. The Morgan fingerprint density at radius 3 is 2.40 bits per heavy atom. The first-order valence-corrected chi connectivity index (χ1v) is 11.6. The predicted octanol–water partition coefficient (Wildman–Crippen LogP) is 5.49. The van der Waals surface area contributed by atoms with Gasteiger partial charge in [0.2, 0.25) is 0 Å². The topological polar surface area (TPSA) is 21.6 Å². The van der Waals surface area contributed by atoms with E-state index in [-0.39, 0.29) is 5.60 Å². The van der Waals surface area contributed by atoms with E-state index in [0.717, 1.165) is 16.6 Å². The van der Waals surface area contributed by atoms with Gasteiger partial charge in [-0.1, -0.05) is 0 Å². The molecule has 141 valence electrons. The first-order chi connectivity index (χ1) is 11.8. The first-order valence-electron chi connectivity index (χ1n) is 10.7. The molecule has 4 fully saturated rings. The van der Waals surface area contributed by atoms with Gasteiger partial charge < -0.3 is 0 Å². The SMILES string of the molecule is C[C@@H]1CC[C@H]2C(C)(C)[C@H]3C[C@@]12CC[C@@]3(C)OC([Se])=NC1CCCCC1. The summed E-state index contributed by atoms with van der Waals surface area (Å²) in [4.78, 5) is 5.77. The molecular weight excluding hydrogens is 373 g/mol. The van der Waals surface area contributed by atoms with Crippen molar-refractivity contribution in [2.75, 3.05) is 0 Å². The van der Waals surface area contributed by atoms with Crippen LogP contribution in [-0.4, -0.2) is 32.5 Å². The van der Waals surface area contributed by atoms with Crippen LogP contribution in [0.4, 0.5) is 0 Å². The molecule has 2 nitrogen and oxygen atoms in total. The summed E-state index contributed by atoms with van der Waals surface area (Å²) < 4.78 is 6.64. The van der Waals surface area contributed by atoms with Crippen LogP contribution in [0.2, 0.25) is 0 Å². The van der Waals surface area contributed by atoms with Gasteiger partial charge in [0.25, 0.3) is 0 Å². The predicted molar refractivity (Wildman–Crippen MR) is 105 cm³/mol. The van der Waals surface area contributed by atoms with Crippen molar-refractivity contribution in [3.8, 4) is 0 Å². The van der Waals surface area contributed by atoms with Crippen LogP contribution in [0.25, 0.3) is 0 Å². The summed E-state index contributed by atoms with van der Waals surface area (Å²) >= 11 is 3.17. The van der Waals surface area contributed by atoms with Gasteiger partial charge in [-0.15, -0.1) is 0 Å². The van der Waals surface area contributed by atoms with Crippen molar-refractivity contribution in [2.24, 2.45) is 33.6 Å². The molecule has 0 N–H and O–H groups in total. The molecular formula is C22H36NOSe. The molecule has 0 aromatic rings. The number of rotatable bonds is 2. The molecule has 0 heterocycles. The number of aliphatic imine (C=N–C) groups is 1. The zero-order chi connectivity index (χ0) is 17.9. The van der Waals surface area contributed by atoms with Crippen molar-refractivity contribution < 1.29 is 4.74 Å². The third-order valence-corrected chi connectivity index (χ3v) is 9.35. The normalized spacial score (nSPS) is 46.9. The van der Waals surface area contributed by atoms with Crippen molar-refractivity contribution in [1.82, 2.24) is 0 Å². The van der Waals surface area contributed by atoms with Crippen LogP contribution in [0.5, 0.6) is 0 Å². The monoisotopic (exact) mass is 410 g/mol. The zero-order valence-electron chi connectivity index (χ0n) is 16.6. The molecule has 0 saturated heterocycles. The molecule has 5 atom stereocenters. The maximum atomic E-state index is 6.64. The van der Waals surface area contributed by atoms with E-state index in [2.05, 4.69) is 43.7 Å². The summed E-state index contributed by atoms with van der Waals surface area (Å²) in [5.41, 5.74) is 0.952. The number of ether oxygens (including phenoxy) is 1. The Morgan fingerprint density at radius 1 is 0.960 bits per heavy atom. The van der Waals surface area contributed by atoms with Gasteiger partial charge >= 0.3 is 163 Å². The van der Waals surface area contributed by atoms with Gasteiger partial charge in [0, 0.05) is 0 Å². The van der Waals surface area contributed by atoms with E-state index < -0.39 is 0 Å². The Balaban J connectivity index is 1.54. The van der Waals surface area contributed by atoms with Crippen molar-refractivity contribution in [1.29, 1.82) is 0 Å². The van der Waals surface area contributed by atoms with Crippen LogP contribution in [-0.2, 0) is 4.74 Å². The van der Waals surface area contributed by atoms with Crippen molar-refractivity contribution in [2.45, 2.75) is 104 Å². The molecule has 2 bridgehead atoms. The second kappa shape index (κ2) is 6.26. The van der Waals surface area contributed by atoms with Crippen LogP contribution in [0.1, 0.15) is 91.9 Å². The summed E-state index contributed by atoms with van der Waals surface area (Å²) in [6.07, 6.45) is 13.3. The Labute approximate surface area is 162 Å². The Hall–Kier alpha value is -0.0105. The fourth-order valence-electron chi connectivity index (χ4n) is 7.57. The van der Waals surface area contributed by atoms with E-state index >= 15 is 0 Å². The zero-order valence-corrected chi connectivity index (χ0v) is 18.4. The summed E-state index contributed by atoms with van der Waals surface area (Å²) in [5, 5.41) is 0. The van der Waals surface area contributed by atoms with Gasteiger partial charge in [0.15, 0.2) is 0 Å².